The Morgan fingerprint density at radius 1 is 1.30 bits per heavy atom. The Labute approximate surface area is 122 Å². The molecular weight excluding hydrogens is 251 g/mol. The van der Waals surface area contributed by atoms with Gasteiger partial charge in [0.15, 0.2) is 0 Å². The van der Waals surface area contributed by atoms with E-state index in [-0.39, 0.29) is 5.82 Å². The van der Waals surface area contributed by atoms with Crippen molar-refractivity contribution in [2.45, 2.75) is 38.6 Å². The highest BCUT2D eigenvalue weighted by atomic mass is 19.1. The van der Waals surface area contributed by atoms with Crippen molar-refractivity contribution in [3.05, 3.63) is 35.6 Å². The van der Waals surface area contributed by atoms with Gasteiger partial charge in [-0.05, 0) is 69.4 Å². The molecule has 1 N–H and O–H groups in total. The fraction of sp³-hybridized carbons (Fsp3) is 0.647. The van der Waals surface area contributed by atoms with Gasteiger partial charge >= 0.3 is 0 Å². The van der Waals surface area contributed by atoms with Crippen LogP contribution in [0.2, 0.25) is 0 Å². The summed E-state index contributed by atoms with van der Waals surface area (Å²) in [5.74, 6) is 0.779. The predicted octanol–water partition coefficient (Wildman–Crippen LogP) is 3.60. The molecule has 1 aliphatic rings. The molecule has 112 valence electrons. The van der Waals surface area contributed by atoms with E-state index in [1.807, 2.05) is 12.1 Å². The molecule has 1 aliphatic carbocycles. The van der Waals surface area contributed by atoms with Crippen molar-refractivity contribution >= 4 is 0 Å². The molecule has 0 heterocycles. The fourth-order valence-electron chi connectivity index (χ4n) is 2.58. The minimum atomic E-state index is -0.158. The summed E-state index contributed by atoms with van der Waals surface area (Å²) in [5.41, 5.74) is 1.19. The van der Waals surface area contributed by atoms with E-state index < -0.39 is 0 Å². The second-order valence-corrected chi connectivity index (χ2v) is 6.05. The molecule has 20 heavy (non-hydrogen) atoms. The maximum atomic E-state index is 13.0. The van der Waals surface area contributed by atoms with Crippen LogP contribution in [0.25, 0.3) is 0 Å². The Morgan fingerprint density at radius 2 is 2.00 bits per heavy atom. The first-order chi connectivity index (χ1) is 9.69. The minimum Gasteiger partial charge on any atom is -0.310 e. The van der Waals surface area contributed by atoms with Crippen LogP contribution in [0, 0.1) is 11.7 Å². The van der Waals surface area contributed by atoms with E-state index >= 15 is 0 Å². The van der Waals surface area contributed by atoms with E-state index in [1.165, 1.54) is 24.9 Å². The van der Waals surface area contributed by atoms with Crippen LogP contribution < -0.4 is 5.32 Å². The molecule has 1 aromatic carbocycles. The molecule has 1 unspecified atom stereocenters. The van der Waals surface area contributed by atoms with Gasteiger partial charge in [-0.1, -0.05) is 19.1 Å². The molecule has 0 aliphatic heterocycles. The number of hydrogen-bond donors (Lipinski definition) is 1. The number of hydrogen-bond acceptors (Lipinski definition) is 2. The Hall–Kier alpha value is -0.930. The molecule has 1 fully saturated rings. The Balaban J connectivity index is 1.86. The molecule has 2 nitrogen and oxygen atoms in total. The summed E-state index contributed by atoms with van der Waals surface area (Å²) < 4.78 is 13.0. The van der Waals surface area contributed by atoms with E-state index in [0.29, 0.717) is 6.04 Å². The molecule has 0 saturated heterocycles. The first kappa shape index (κ1) is 15.5. The molecule has 0 aromatic heterocycles. The van der Waals surface area contributed by atoms with E-state index in [2.05, 4.69) is 24.2 Å². The van der Waals surface area contributed by atoms with Crippen molar-refractivity contribution in [2.24, 2.45) is 5.92 Å². The van der Waals surface area contributed by atoms with Crippen molar-refractivity contribution in [1.82, 2.24) is 10.2 Å². The van der Waals surface area contributed by atoms with Gasteiger partial charge in [0.25, 0.3) is 0 Å². The van der Waals surface area contributed by atoms with Crippen LogP contribution in [0.1, 0.15) is 44.2 Å². The third kappa shape index (κ3) is 5.22. The second-order valence-electron chi connectivity index (χ2n) is 6.05. The van der Waals surface area contributed by atoms with Crippen molar-refractivity contribution in [2.75, 3.05) is 26.7 Å². The lowest BCUT2D eigenvalue weighted by Gasteiger charge is -2.23. The summed E-state index contributed by atoms with van der Waals surface area (Å²) in [6.45, 7) is 5.50. The van der Waals surface area contributed by atoms with Crippen LogP contribution in [0.3, 0.4) is 0 Å². The lowest BCUT2D eigenvalue weighted by Crippen LogP contribution is -2.29. The summed E-state index contributed by atoms with van der Waals surface area (Å²) >= 11 is 0. The molecule has 0 bridgehead atoms. The van der Waals surface area contributed by atoms with Gasteiger partial charge in [0, 0.05) is 12.6 Å². The summed E-state index contributed by atoms with van der Waals surface area (Å²) in [5, 5.41) is 3.58. The number of rotatable bonds is 9. The van der Waals surface area contributed by atoms with Gasteiger partial charge in [-0.25, -0.2) is 4.39 Å². The average molecular weight is 278 g/mol. The van der Waals surface area contributed by atoms with Crippen molar-refractivity contribution in [3.63, 3.8) is 0 Å². The van der Waals surface area contributed by atoms with Crippen LogP contribution in [-0.4, -0.2) is 31.6 Å². The molecule has 1 atom stereocenters. The highest BCUT2D eigenvalue weighted by Gasteiger charge is 2.23. The second kappa shape index (κ2) is 7.75. The Morgan fingerprint density at radius 3 is 2.60 bits per heavy atom. The minimum absolute atomic E-state index is 0.158. The van der Waals surface area contributed by atoms with Gasteiger partial charge in [0.1, 0.15) is 5.82 Å². The highest BCUT2D eigenvalue weighted by Crippen LogP contribution is 2.29. The monoisotopic (exact) mass is 278 g/mol. The lowest BCUT2D eigenvalue weighted by molar-refractivity contribution is 0.296. The number of benzene rings is 1. The largest absolute Gasteiger partial charge is 0.310 e. The maximum Gasteiger partial charge on any atom is 0.123 e. The number of nitrogens with zero attached hydrogens (tertiary/aromatic N) is 1. The zero-order chi connectivity index (χ0) is 14.4. The number of halogens is 1. The normalized spacial score (nSPS) is 16.6. The third-order valence-electron chi connectivity index (χ3n) is 3.98. The topological polar surface area (TPSA) is 15.3 Å². The Kier molecular flexibility index (Phi) is 5.99. The smallest absolute Gasteiger partial charge is 0.123 e. The standard InChI is InChI=1S/C17H27FN2/c1-3-11-19-17(15-6-8-16(18)9-7-15)10-12-20(2)13-14-4-5-14/h6-9,14,17,19H,3-5,10-13H2,1-2H3. The lowest BCUT2D eigenvalue weighted by atomic mass is 10.0. The fourth-order valence-corrected chi connectivity index (χ4v) is 2.58. The third-order valence-corrected chi connectivity index (χ3v) is 3.98. The molecule has 3 heteroatoms. The van der Waals surface area contributed by atoms with Crippen LogP contribution >= 0.6 is 0 Å². The molecule has 0 radical (unpaired) electrons. The van der Waals surface area contributed by atoms with Crippen molar-refractivity contribution in [1.29, 1.82) is 0 Å². The molecular formula is C17H27FN2. The van der Waals surface area contributed by atoms with Crippen LogP contribution in [0.5, 0.6) is 0 Å². The molecule has 0 spiro atoms. The van der Waals surface area contributed by atoms with Gasteiger partial charge in [0.2, 0.25) is 0 Å². The quantitative estimate of drug-likeness (QED) is 0.742. The summed E-state index contributed by atoms with van der Waals surface area (Å²) in [6, 6.07) is 7.26. The van der Waals surface area contributed by atoms with E-state index in [1.54, 1.807) is 12.1 Å². The van der Waals surface area contributed by atoms with Crippen molar-refractivity contribution < 1.29 is 4.39 Å². The van der Waals surface area contributed by atoms with Crippen molar-refractivity contribution in [3.8, 4) is 0 Å². The summed E-state index contributed by atoms with van der Waals surface area (Å²) in [4.78, 5) is 2.43. The van der Waals surface area contributed by atoms with Crippen LogP contribution in [0.15, 0.2) is 24.3 Å². The van der Waals surface area contributed by atoms with Gasteiger partial charge in [0.05, 0.1) is 0 Å². The first-order valence-corrected chi connectivity index (χ1v) is 7.86. The van der Waals surface area contributed by atoms with E-state index in [9.17, 15) is 4.39 Å². The predicted molar refractivity (Wildman–Crippen MR) is 82.3 cm³/mol. The SMILES string of the molecule is CCCNC(CCN(C)CC1CC1)c1ccc(F)cc1. The van der Waals surface area contributed by atoms with Gasteiger partial charge < -0.3 is 10.2 Å². The molecule has 0 amide bonds. The van der Waals surface area contributed by atoms with Crippen LogP contribution in [-0.2, 0) is 0 Å². The molecule has 1 saturated carbocycles. The summed E-state index contributed by atoms with van der Waals surface area (Å²) in [7, 11) is 2.21. The summed E-state index contributed by atoms with van der Waals surface area (Å²) in [6.07, 6.45) is 5.00. The molecule has 2 rings (SSSR count). The maximum absolute atomic E-state index is 13.0. The number of nitrogens with one attached hydrogen (secondary N) is 1. The average Bonchev–Trinajstić information content (AvgIpc) is 3.24. The zero-order valence-corrected chi connectivity index (χ0v) is 12.7. The zero-order valence-electron chi connectivity index (χ0n) is 12.7. The van der Waals surface area contributed by atoms with Gasteiger partial charge in [-0.2, -0.15) is 0 Å². The van der Waals surface area contributed by atoms with Gasteiger partial charge in [-0.15, -0.1) is 0 Å². The first-order valence-electron chi connectivity index (χ1n) is 7.86. The molecule has 1 aromatic rings. The Bertz CT molecular complexity index is 386. The highest BCUT2D eigenvalue weighted by molar-refractivity contribution is 5.20. The van der Waals surface area contributed by atoms with Crippen LogP contribution in [0.4, 0.5) is 4.39 Å². The van der Waals surface area contributed by atoms with E-state index in [4.69, 9.17) is 0 Å². The van der Waals surface area contributed by atoms with Gasteiger partial charge in [-0.3, -0.25) is 0 Å². The van der Waals surface area contributed by atoms with E-state index in [0.717, 1.165) is 31.8 Å².